The third-order valence-corrected chi connectivity index (χ3v) is 3.68. The van der Waals surface area contributed by atoms with E-state index in [0.29, 0.717) is 6.54 Å². The van der Waals surface area contributed by atoms with Gasteiger partial charge in [0.1, 0.15) is 0 Å². The molecule has 0 aromatic heterocycles. The monoisotopic (exact) mass is 223 g/mol. The van der Waals surface area contributed by atoms with E-state index in [1.807, 2.05) is 32.8 Å². The summed E-state index contributed by atoms with van der Waals surface area (Å²) in [5.41, 5.74) is 4.99. The Labute approximate surface area is 86.7 Å². The SMILES string of the molecule is CN(C)C(C)(C)CNS(=O)(=O)CCN. The molecule has 6 heteroatoms. The first-order chi connectivity index (χ1) is 6.21. The lowest BCUT2D eigenvalue weighted by molar-refractivity contribution is 0.199. The van der Waals surface area contributed by atoms with Crippen LogP contribution in [0.4, 0.5) is 0 Å². The van der Waals surface area contributed by atoms with Gasteiger partial charge in [-0.25, -0.2) is 13.1 Å². The highest BCUT2D eigenvalue weighted by atomic mass is 32.2. The molecule has 0 aliphatic heterocycles. The van der Waals surface area contributed by atoms with Crippen LogP contribution in [0.5, 0.6) is 0 Å². The molecule has 5 nitrogen and oxygen atoms in total. The number of nitrogens with one attached hydrogen (secondary N) is 1. The number of hydrogen-bond donors (Lipinski definition) is 2. The molecule has 0 aromatic rings. The molecule has 0 atom stereocenters. The molecule has 0 unspecified atom stereocenters. The summed E-state index contributed by atoms with van der Waals surface area (Å²) in [5, 5.41) is 0. The van der Waals surface area contributed by atoms with Gasteiger partial charge in [-0.05, 0) is 27.9 Å². The van der Waals surface area contributed by atoms with Gasteiger partial charge in [0.05, 0.1) is 5.75 Å². The van der Waals surface area contributed by atoms with Crippen molar-refractivity contribution < 1.29 is 8.42 Å². The molecular formula is C8H21N3O2S. The van der Waals surface area contributed by atoms with Crippen LogP contribution < -0.4 is 10.5 Å². The van der Waals surface area contributed by atoms with E-state index in [0.717, 1.165) is 0 Å². The Kier molecular flexibility index (Phi) is 5.00. The largest absolute Gasteiger partial charge is 0.329 e. The van der Waals surface area contributed by atoms with Crippen LogP contribution in [0, 0.1) is 0 Å². The average molecular weight is 223 g/mol. The van der Waals surface area contributed by atoms with Crippen LogP contribution in [0.2, 0.25) is 0 Å². The van der Waals surface area contributed by atoms with Crippen LogP contribution >= 0.6 is 0 Å². The molecule has 0 fully saturated rings. The highest BCUT2D eigenvalue weighted by Crippen LogP contribution is 2.08. The third kappa shape index (κ3) is 4.90. The van der Waals surface area contributed by atoms with Gasteiger partial charge in [0.15, 0.2) is 0 Å². The summed E-state index contributed by atoms with van der Waals surface area (Å²) in [4.78, 5) is 1.97. The number of nitrogens with zero attached hydrogens (tertiary/aromatic N) is 1. The number of sulfonamides is 1. The van der Waals surface area contributed by atoms with Crippen molar-refractivity contribution in [3.8, 4) is 0 Å². The van der Waals surface area contributed by atoms with Crippen LogP contribution in [0.3, 0.4) is 0 Å². The van der Waals surface area contributed by atoms with Gasteiger partial charge in [-0.1, -0.05) is 0 Å². The average Bonchev–Trinajstić information content (AvgIpc) is 2.01. The maximum atomic E-state index is 11.3. The summed E-state index contributed by atoms with van der Waals surface area (Å²) < 4.78 is 25.1. The molecule has 0 radical (unpaired) electrons. The Morgan fingerprint density at radius 1 is 1.36 bits per heavy atom. The third-order valence-electron chi connectivity index (χ3n) is 2.32. The quantitative estimate of drug-likeness (QED) is 0.618. The minimum atomic E-state index is -3.20. The molecule has 14 heavy (non-hydrogen) atoms. The zero-order valence-corrected chi connectivity index (χ0v) is 10.2. The van der Waals surface area contributed by atoms with Crippen molar-refractivity contribution in [2.24, 2.45) is 5.73 Å². The van der Waals surface area contributed by atoms with Crippen LogP contribution in [0.15, 0.2) is 0 Å². The van der Waals surface area contributed by atoms with Crippen LogP contribution in [0.25, 0.3) is 0 Å². The van der Waals surface area contributed by atoms with E-state index in [4.69, 9.17) is 5.73 Å². The zero-order chi connectivity index (χ0) is 11.4. The molecule has 0 spiro atoms. The number of likely N-dealkylation sites (N-methyl/N-ethyl adjacent to an activating group) is 1. The van der Waals surface area contributed by atoms with Gasteiger partial charge in [0.2, 0.25) is 10.0 Å². The summed E-state index contributed by atoms with van der Waals surface area (Å²) in [6.45, 7) is 4.48. The number of nitrogens with two attached hydrogens (primary N) is 1. The maximum Gasteiger partial charge on any atom is 0.212 e. The molecule has 86 valence electrons. The maximum absolute atomic E-state index is 11.3. The first kappa shape index (κ1) is 13.8. The van der Waals surface area contributed by atoms with Gasteiger partial charge >= 0.3 is 0 Å². The highest BCUT2D eigenvalue weighted by molar-refractivity contribution is 7.89. The van der Waals surface area contributed by atoms with Gasteiger partial charge < -0.3 is 10.6 Å². The van der Waals surface area contributed by atoms with Gasteiger partial charge in [-0.15, -0.1) is 0 Å². The number of hydrogen-bond acceptors (Lipinski definition) is 4. The normalized spacial score (nSPS) is 13.6. The first-order valence-electron chi connectivity index (χ1n) is 4.56. The summed E-state index contributed by atoms with van der Waals surface area (Å²) in [6, 6.07) is 0. The molecule has 0 rings (SSSR count). The Hall–Kier alpha value is -0.170. The molecule has 0 heterocycles. The Bertz CT molecular complexity index is 260. The predicted octanol–water partition coefficient (Wildman–Crippen LogP) is -0.795. The second-order valence-electron chi connectivity index (χ2n) is 4.14. The van der Waals surface area contributed by atoms with Crippen molar-refractivity contribution >= 4 is 10.0 Å². The molecular weight excluding hydrogens is 202 g/mol. The fourth-order valence-corrected chi connectivity index (χ4v) is 1.70. The van der Waals surface area contributed by atoms with E-state index in [1.54, 1.807) is 0 Å². The van der Waals surface area contributed by atoms with E-state index in [9.17, 15) is 8.42 Å². The van der Waals surface area contributed by atoms with Gasteiger partial charge in [0.25, 0.3) is 0 Å². The smallest absolute Gasteiger partial charge is 0.212 e. The minimum Gasteiger partial charge on any atom is -0.329 e. The van der Waals surface area contributed by atoms with Crippen molar-refractivity contribution in [2.75, 3.05) is 32.9 Å². The molecule has 0 saturated carbocycles. The fourth-order valence-electron chi connectivity index (χ4n) is 0.672. The van der Waals surface area contributed by atoms with Crippen LogP contribution in [-0.4, -0.2) is 51.8 Å². The van der Waals surface area contributed by atoms with Gasteiger partial charge in [0, 0.05) is 18.6 Å². The zero-order valence-electron chi connectivity index (χ0n) is 9.37. The minimum absolute atomic E-state index is 0.0174. The van der Waals surface area contributed by atoms with Crippen molar-refractivity contribution in [3.05, 3.63) is 0 Å². The lowest BCUT2D eigenvalue weighted by atomic mass is 10.1. The first-order valence-corrected chi connectivity index (χ1v) is 6.21. The molecule has 0 aliphatic rings. The van der Waals surface area contributed by atoms with Crippen molar-refractivity contribution in [1.29, 1.82) is 0 Å². The molecule has 0 amide bonds. The predicted molar refractivity (Wildman–Crippen MR) is 58.6 cm³/mol. The molecule has 0 aliphatic carbocycles. The topological polar surface area (TPSA) is 75.4 Å². The van der Waals surface area contributed by atoms with Crippen molar-refractivity contribution in [3.63, 3.8) is 0 Å². The van der Waals surface area contributed by atoms with Crippen LogP contribution in [-0.2, 0) is 10.0 Å². The van der Waals surface area contributed by atoms with Crippen molar-refractivity contribution in [1.82, 2.24) is 9.62 Å². The molecule has 0 aromatic carbocycles. The Morgan fingerprint density at radius 2 is 1.86 bits per heavy atom. The highest BCUT2D eigenvalue weighted by Gasteiger charge is 2.22. The van der Waals surface area contributed by atoms with Gasteiger partial charge in [-0.2, -0.15) is 0 Å². The summed E-state index contributed by atoms with van der Waals surface area (Å²) in [6.07, 6.45) is 0. The number of rotatable bonds is 6. The standard InChI is InChI=1S/C8H21N3O2S/c1-8(2,11(3)4)7-10-14(12,13)6-5-9/h10H,5-7,9H2,1-4H3. The van der Waals surface area contributed by atoms with E-state index < -0.39 is 10.0 Å². The fraction of sp³-hybridized carbons (Fsp3) is 1.00. The summed E-state index contributed by atoms with van der Waals surface area (Å²) in [7, 11) is 0.628. The van der Waals surface area contributed by atoms with E-state index in [2.05, 4.69) is 4.72 Å². The van der Waals surface area contributed by atoms with Crippen molar-refractivity contribution in [2.45, 2.75) is 19.4 Å². The van der Waals surface area contributed by atoms with E-state index in [-0.39, 0.29) is 17.8 Å². The van der Waals surface area contributed by atoms with E-state index in [1.165, 1.54) is 0 Å². The van der Waals surface area contributed by atoms with E-state index >= 15 is 0 Å². The molecule has 3 N–H and O–H groups in total. The second-order valence-corrected chi connectivity index (χ2v) is 6.06. The second kappa shape index (κ2) is 5.06. The summed E-state index contributed by atoms with van der Waals surface area (Å²) in [5.74, 6) is -0.0174. The Balaban J connectivity index is 4.19. The molecule has 0 saturated heterocycles. The van der Waals surface area contributed by atoms with Crippen LogP contribution in [0.1, 0.15) is 13.8 Å². The lowest BCUT2D eigenvalue weighted by Crippen LogP contribution is -2.48. The van der Waals surface area contributed by atoms with Gasteiger partial charge in [-0.3, -0.25) is 0 Å². The lowest BCUT2D eigenvalue weighted by Gasteiger charge is -2.32. The Morgan fingerprint density at radius 3 is 2.21 bits per heavy atom. The summed E-state index contributed by atoms with van der Waals surface area (Å²) >= 11 is 0. The molecule has 0 bridgehead atoms.